The molecule has 3 aromatic rings. The van der Waals surface area contributed by atoms with Crippen LogP contribution in [0, 0.1) is 0 Å². The standard InChI is InChI=1S/C15H11N3O3/c19-12(14(20)15-16-9-17-18-15)8-11-6-7-13(21-11)10-4-2-1-3-5-10/h1-7,9H,8H2,(H,16,17,18). The minimum atomic E-state index is -0.728. The molecule has 0 radical (unpaired) electrons. The van der Waals surface area contributed by atoms with Gasteiger partial charge < -0.3 is 4.42 Å². The largest absolute Gasteiger partial charge is 0.461 e. The Morgan fingerprint density at radius 3 is 2.62 bits per heavy atom. The van der Waals surface area contributed by atoms with Gasteiger partial charge in [0.1, 0.15) is 17.8 Å². The van der Waals surface area contributed by atoms with Crippen LogP contribution in [0.4, 0.5) is 0 Å². The summed E-state index contributed by atoms with van der Waals surface area (Å²) >= 11 is 0. The van der Waals surface area contributed by atoms with E-state index < -0.39 is 11.6 Å². The molecule has 21 heavy (non-hydrogen) atoms. The third-order valence-corrected chi connectivity index (χ3v) is 2.93. The fourth-order valence-corrected chi connectivity index (χ4v) is 1.91. The molecule has 0 aliphatic rings. The number of carbonyl (C=O) groups excluding carboxylic acids is 2. The molecule has 0 atom stereocenters. The molecular formula is C15H11N3O3. The first-order chi connectivity index (χ1) is 10.2. The van der Waals surface area contributed by atoms with Crippen LogP contribution in [0.1, 0.15) is 16.4 Å². The maximum absolute atomic E-state index is 11.9. The molecule has 2 aromatic heterocycles. The van der Waals surface area contributed by atoms with Gasteiger partial charge in [0.2, 0.25) is 11.6 Å². The Balaban J connectivity index is 1.73. The highest BCUT2D eigenvalue weighted by Crippen LogP contribution is 2.22. The van der Waals surface area contributed by atoms with E-state index in [1.807, 2.05) is 30.3 Å². The van der Waals surface area contributed by atoms with Gasteiger partial charge >= 0.3 is 0 Å². The smallest absolute Gasteiger partial charge is 0.268 e. The van der Waals surface area contributed by atoms with Crippen molar-refractivity contribution in [2.45, 2.75) is 6.42 Å². The highest BCUT2D eigenvalue weighted by molar-refractivity contribution is 6.42. The van der Waals surface area contributed by atoms with E-state index in [1.165, 1.54) is 6.33 Å². The van der Waals surface area contributed by atoms with Gasteiger partial charge in [0.05, 0.1) is 6.42 Å². The predicted molar refractivity (Wildman–Crippen MR) is 73.6 cm³/mol. The highest BCUT2D eigenvalue weighted by atomic mass is 16.3. The summed E-state index contributed by atoms with van der Waals surface area (Å²) in [4.78, 5) is 27.3. The average Bonchev–Trinajstić information content (AvgIpc) is 3.19. The quantitative estimate of drug-likeness (QED) is 0.571. The number of ketones is 2. The Morgan fingerprint density at radius 2 is 1.90 bits per heavy atom. The summed E-state index contributed by atoms with van der Waals surface area (Å²) < 4.78 is 5.59. The molecule has 1 aromatic carbocycles. The lowest BCUT2D eigenvalue weighted by molar-refractivity contribution is -0.114. The number of H-pyrrole nitrogens is 1. The average molecular weight is 281 g/mol. The molecule has 3 rings (SSSR count). The fraction of sp³-hybridized carbons (Fsp3) is 0.0667. The Kier molecular flexibility index (Phi) is 3.42. The molecule has 0 spiro atoms. The van der Waals surface area contributed by atoms with Gasteiger partial charge in [-0.25, -0.2) is 4.98 Å². The number of Topliss-reactive ketones (excluding diaryl/α,β-unsaturated/α-hetero) is 2. The minimum Gasteiger partial charge on any atom is -0.461 e. The number of benzene rings is 1. The lowest BCUT2D eigenvalue weighted by Crippen LogP contribution is -2.17. The molecule has 0 aliphatic carbocycles. The Labute approximate surface area is 119 Å². The Hall–Kier alpha value is -3.02. The second-order valence-corrected chi connectivity index (χ2v) is 4.38. The van der Waals surface area contributed by atoms with Gasteiger partial charge in [0.25, 0.3) is 5.78 Å². The van der Waals surface area contributed by atoms with Crippen molar-refractivity contribution in [2.24, 2.45) is 0 Å². The molecule has 0 aliphatic heterocycles. The molecule has 0 amide bonds. The zero-order valence-corrected chi connectivity index (χ0v) is 10.9. The van der Waals surface area contributed by atoms with Crippen molar-refractivity contribution < 1.29 is 14.0 Å². The second-order valence-electron chi connectivity index (χ2n) is 4.38. The first-order valence-electron chi connectivity index (χ1n) is 6.31. The van der Waals surface area contributed by atoms with E-state index in [2.05, 4.69) is 15.2 Å². The van der Waals surface area contributed by atoms with E-state index in [0.29, 0.717) is 11.5 Å². The van der Waals surface area contributed by atoms with Crippen molar-refractivity contribution in [1.82, 2.24) is 15.2 Å². The van der Waals surface area contributed by atoms with E-state index in [-0.39, 0.29) is 12.2 Å². The summed E-state index contributed by atoms with van der Waals surface area (Å²) in [5, 5.41) is 5.99. The van der Waals surface area contributed by atoms with Crippen molar-refractivity contribution in [3.63, 3.8) is 0 Å². The summed E-state index contributed by atoms with van der Waals surface area (Å²) in [5.41, 5.74) is 0.913. The van der Waals surface area contributed by atoms with Crippen LogP contribution in [0.25, 0.3) is 11.3 Å². The van der Waals surface area contributed by atoms with Crippen LogP contribution in [0.3, 0.4) is 0 Å². The molecule has 0 bridgehead atoms. The number of nitrogens with zero attached hydrogens (tertiary/aromatic N) is 2. The SMILES string of the molecule is O=C(Cc1ccc(-c2ccccc2)o1)C(=O)c1nc[nH]n1. The molecule has 6 nitrogen and oxygen atoms in total. The third kappa shape index (κ3) is 2.79. The number of nitrogens with one attached hydrogen (secondary N) is 1. The summed E-state index contributed by atoms with van der Waals surface area (Å²) in [6, 6.07) is 13.0. The molecule has 0 saturated carbocycles. The molecule has 0 fully saturated rings. The summed E-state index contributed by atoms with van der Waals surface area (Å²) in [6.45, 7) is 0. The second kappa shape index (κ2) is 5.54. The molecule has 2 heterocycles. The molecule has 104 valence electrons. The van der Waals surface area contributed by atoms with Crippen LogP contribution in [0.5, 0.6) is 0 Å². The van der Waals surface area contributed by atoms with E-state index >= 15 is 0 Å². The number of aromatic amines is 1. The Bertz CT molecular complexity index is 761. The number of aromatic nitrogens is 3. The first kappa shape index (κ1) is 13.0. The lowest BCUT2D eigenvalue weighted by Gasteiger charge is -1.97. The summed E-state index contributed by atoms with van der Waals surface area (Å²) in [5.74, 6) is -0.376. The van der Waals surface area contributed by atoms with Crippen molar-refractivity contribution in [3.8, 4) is 11.3 Å². The monoisotopic (exact) mass is 281 g/mol. The van der Waals surface area contributed by atoms with Crippen LogP contribution in [0.15, 0.2) is 53.2 Å². The van der Waals surface area contributed by atoms with Gasteiger partial charge in [-0.3, -0.25) is 14.7 Å². The van der Waals surface area contributed by atoms with Crippen LogP contribution < -0.4 is 0 Å². The summed E-state index contributed by atoms with van der Waals surface area (Å²) in [7, 11) is 0. The maximum Gasteiger partial charge on any atom is 0.268 e. The van der Waals surface area contributed by atoms with E-state index in [9.17, 15) is 9.59 Å². The van der Waals surface area contributed by atoms with Gasteiger partial charge in [-0.05, 0) is 12.1 Å². The molecule has 0 unspecified atom stereocenters. The number of carbonyl (C=O) groups is 2. The lowest BCUT2D eigenvalue weighted by atomic mass is 10.1. The normalized spacial score (nSPS) is 10.5. The van der Waals surface area contributed by atoms with E-state index in [0.717, 1.165) is 5.56 Å². The molecular weight excluding hydrogens is 270 g/mol. The van der Waals surface area contributed by atoms with Gasteiger partial charge in [0.15, 0.2) is 0 Å². The predicted octanol–water partition coefficient (Wildman–Crippen LogP) is 2.06. The van der Waals surface area contributed by atoms with Gasteiger partial charge in [-0.1, -0.05) is 30.3 Å². The first-order valence-corrected chi connectivity index (χ1v) is 6.31. The number of furan rings is 1. The highest BCUT2D eigenvalue weighted by Gasteiger charge is 2.21. The van der Waals surface area contributed by atoms with Crippen molar-refractivity contribution in [2.75, 3.05) is 0 Å². The maximum atomic E-state index is 11.9. The van der Waals surface area contributed by atoms with Gasteiger partial charge in [-0.15, -0.1) is 5.10 Å². The van der Waals surface area contributed by atoms with Crippen LogP contribution in [0.2, 0.25) is 0 Å². The zero-order valence-electron chi connectivity index (χ0n) is 10.9. The van der Waals surface area contributed by atoms with Crippen molar-refractivity contribution in [3.05, 3.63) is 60.4 Å². The molecule has 6 heteroatoms. The van der Waals surface area contributed by atoms with E-state index in [4.69, 9.17) is 4.42 Å². The summed E-state index contributed by atoms with van der Waals surface area (Å²) in [6.07, 6.45) is 1.14. The third-order valence-electron chi connectivity index (χ3n) is 2.93. The molecule has 1 N–H and O–H groups in total. The topological polar surface area (TPSA) is 88.9 Å². The van der Waals surface area contributed by atoms with Crippen LogP contribution in [-0.2, 0) is 11.2 Å². The van der Waals surface area contributed by atoms with Crippen LogP contribution >= 0.6 is 0 Å². The zero-order chi connectivity index (χ0) is 14.7. The van der Waals surface area contributed by atoms with Crippen molar-refractivity contribution in [1.29, 1.82) is 0 Å². The van der Waals surface area contributed by atoms with Crippen molar-refractivity contribution >= 4 is 11.6 Å². The number of hydrogen-bond donors (Lipinski definition) is 1. The number of hydrogen-bond acceptors (Lipinski definition) is 5. The van der Waals surface area contributed by atoms with Gasteiger partial charge in [-0.2, -0.15) is 0 Å². The molecule has 0 saturated heterocycles. The van der Waals surface area contributed by atoms with Crippen LogP contribution in [-0.4, -0.2) is 26.7 Å². The minimum absolute atomic E-state index is 0.111. The number of rotatable bonds is 5. The Morgan fingerprint density at radius 1 is 1.10 bits per heavy atom. The fourth-order valence-electron chi connectivity index (χ4n) is 1.91. The van der Waals surface area contributed by atoms with Gasteiger partial charge in [0, 0.05) is 5.56 Å². The van der Waals surface area contributed by atoms with E-state index in [1.54, 1.807) is 12.1 Å².